The van der Waals surface area contributed by atoms with E-state index >= 15 is 0 Å². The molecule has 2 aromatic carbocycles. The summed E-state index contributed by atoms with van der Waals surface area (Å²) in [6.07, 6.45) is 0. The first-order valence-corrected chi connectivity index (χ1v) is 9.71. The van der Waals surface area contributed by atoms with E-state index in [1.165, 1.54) is 22.9 Å². The third-order valence-corrected chi connectivity index (χ3v) is 5.01. The number of nitrogens with two attached hydrogens (primary N) is 1. The number of benzene rings is 2. The van der Waals surface area contributed by atoms with Gasteiger partial charge in [0.15, 0.2) is 5.82 Å². The van der Waals surface area contributed by atoms with Gasteiger partial charge in [0.1, 0.15) is 11.6 Å². The molecule has 0 aliphatic heterocycles. The van der Waals surface area contributed by atoms with Crippen LogP contribution in [0.25, 0.3) is 0 Å². The number of nitrogen functional groups attached to an aromatic ring is 1. The summed E-state index contributed by atoms with van der Waals surface area (Å²) in [6.45, 7) is 2.10. The molecule has 0 fully saturated rings. The molecular formula is C19H21FN6O2S. The van der Waals surface area contributed by atoms with E-state index in [0.717, 1.165) is 23.2 Å². The number of nitrogens with zero attached hydrogens (tertiary/aromatic N) is 3. The van der Waals surface area contributed by atoms with Crippen LogP contribution in [0.1, 0.15) is 11.4 Å². The minimum absolute atomic E-state index is 0.0953. The summed E-state index contributed by atoms with van der Waals surface area (Å²) in [6, 6.07) is 11.6. The molecular weight excluding hydrogens is 395 g/mol. The highest BCUT2D eigenvalue weighted by atomic mass is 32.2. The van der Waals surface area contributed by atoms with Crippen molar-refractivity contribution >= 4 is 29.0 Å². The molecule has 0 unspecified atom stereocenters. The molecule has 1 aromatic heterocycles. The standard InChI is InChI=1S/C19H21FN6O2S/c1-12-9-13(20)3-8-16(12)23-18(27)11-29-19-25-24-17(26(19)21)10-22-14-4-6-15(28-2)7-5-14/h3-9,22H,10-11,21H2,1-2H3,(H,23,27). The molecule has 10 heteroatoms. The molecule has 4 N–H and O–H groups in total. The minimum Gasteiger partial charge on any atom is -0.497 e. The molecule has 1 heterocycles. The quantitative estimate of drug-likeness (QED) is 0.383. The Hall–Kier alpha value is -3.27. The minimum atomic E-state index is -0.345. The Kier molecular flexibility index (Phi) is 6.55. The number of anilines is 2. The molecule has 3 rings (SSSR count). The molecule has 0 spiro atoms. The van der Waals surface area contributed by atoms with E-state index in [2.05, 4.69) is 20.8 Å². The van der Waals surface area contributed by atoms with Crippen molar-refractivity contribution in [3.63, 3.8) is 0 Å². The second-order valence-corrected chi connectivity index (χ2v) is 7.09. The van der Waals surface area contributed by atoms with Crippen molar-refractivity contribution in [3.05, 3.63) is 59.7 Å². The number of amides is 1. The number of methoxy groups -OCH3 is 1. The second-order valence-electron chi connectivity index (χ2n) is 6.15. The number of aryl methyl sites for hydroxylation is 1. The second kappa shape index (κ2) is 9.28. The van der Waals surface area contributed by atoms with Gasteiger partial charge in [-0.2, -0.15) is 0 Å². The highest BCUT2D eigenvalue weighted by Crippen LogP contribution is 2.19. The number of hydrogen-bond acceptors (Lipinski definition) is 7. The van der Waals surface area contributed by atoms with Gasteiger partial charge in [-0.1, -0.05) is 11.8 Å². The van der Waals surface area contributed by atoms with Gasteiger partial charge in [0, 0.05) is 11.4 Å². The lowest BCUT2D eigenvalue weighted by molar-refractivity contribution is -0.113. The summed E-state index contributed by atoms with van der Waals surface area (Å²) in [7, 11) is 1.61. The fraction of sp³-hybridized carbons (Fsp3) is 0.211. The van der Waals surface area contributed by atoms with Crippen molar-refractivity contribution in [1.29, 1.82) is 0 Å². The van der Waals surface area contributed by atoms with Gasteiger partial charge in [-0.25, -0.2) is 9.07 Å². The lowest BCUT2D eigenvalue weighted by Crippen LogP contribution is -2.18. The van der Waals surface area contributed by atoms with Crippen LogP contribution in [-0.2, 0) is 11.3 Å². The van der Waals surface area contributed by atoms with Gasteiger partial charge < -0.3 is 21.2 Å². The lowest BCUT2D eigenvalue weighted by Gasteiger charge is -2.09. The maximum Gasteiger partial charge on any atom is 0.234 e. The monoisotopic (exact) mass is 416 g/mol. The Morgan fingerprint density at radius 1 is 1.24 bits per heavy atom. The number of carbonyl (C=O) groups is 1. The van der Waals surface area contributed by atoms with Crippen LogP contribution in [0.2, 0.25) is 0 Å². The normalized spacial score (nSPS) is 10.6. The van der Waals surface area contributed by atoms with E-state index in [9.17, 15) is 9.18 Å². The summed E-state index contributed by atoms with van der Waals surface area (Å²) >= 11 is 1.16. The molecule has 0 radical (unpaired) electrons. The molecule has 0 bridgehead atoms. The van der Waals surface area contributed by atoms with Crippen molar-refractivity contribution in [2.75, 3.05) is 29.3 Å². The van der Waals surface area contributed by atoms with Crippen LogP contribution in [0.4, 0.5) is 15.8 Å². The van der Waals surface area contributed by atoms with Crippen molar-refractivity contribution in [2.24, 2.45) is 0 Å². The number of aromatic nitrogens is 3. The molecule has 0 saturated carbocycles. The molecule has 29 heavy (non-hydrogen) atoms. The average molecular weight is 416 g/mol. The Bertz CT molecular complexity index is 993. The average Bonchev–Trinajstić information content (AvgIpc) is 3.07. The van der Waals surface area contributed by atoms with E-state index in [4.69, 9.17) is 10.6 Å². The maximum atomic E-state index is 13.1. The Balaban J connectivity index is 1.52. The van der Waals surface area contributed by atoms with Crippen molar-refractivity contribution in [1.82, 2.24) is 14.9 Å². The Labute approximate surface area is 171 Å². The molecule has 3 aromatic rings. The van der Waals surface area contributed by atoms with Gasteiger partial charge in [-0.3, -0.25) is 4.79 Å². The van der Waals surface area contributed by atoms with Crippen LogP contribution < -0.4 is 21.2 Å². The highest BCUT2D eigenvalue weighted by molar-refractivity contribution is 7.99. The molecule has 1 amide bonds. The fourth-order valence-electron chi connectivity index (χ4n) is 2.50. The number of rotatable bonds is 8. The van der Waals surface area contributed by atoms with Gasteiger partial charge in [-0.15, -0.1) is 10.2 Å². The van der Waals surface area contributed by atoms with Crippen LogP contribution in [0.3, 0.4) is 0 Å². The zero-order valence-electron chi connectivity index (χ0n) is 16.0. The number of hydrogen-bond donors (Lipinski definition) is 3. The molecule has 0 aliphatic rings. The van der Waals surface area contributed by atoms with Crippen LogP contribution in [0, 0.1) is 12.7 Å². The van der Waals surface area contributed by atoms with Crippen LogP contribution >= 0.6 is 11.8 Å². The topological polar surface area (TPSA) is 107 Å². The van der Waals surface area contributed by atoms with Gasteiger partial charge in [0.05, 0.1) is 19.4 Å². The first-order chi connectivity index (χ1) is 14.0. The van der Waals surface area contributed by atoms with E-state index in [0.29, 0.717) is 28.8 Å². The third-order valence-electron chi connectivity index (χ3n) is 4.07. The molecule has 0 aliphatic carbocycles. The first-order valence-electron chi connectivity index (χ1n) is 8.72. The lowest BCUT2D eigenvalue weighted by atomic mass is 10.2. The van der Waals surface area contributed by atoms with Gasteiger partial charge in [0.25, 0.3) is 0 Å². The predicted molar refractivity (Wildman–Crippen MR) is 111 cm³/mol. The molecule has 0 atom stereocenters. The maximum absolute atomic E-state index is 13.1. The fourth-order valence-corrected chi connectivity index (χ4v) is 3.18. The zero-order chi connectivity index (χ0) is 20.8. The first kappa shape index (κ1) is 20.5. The predicted octanol–water partition coefficient (Wildman–Crippen LogP) is 2.79. The molecule has 152 valence electrons. The van der Waals surface area contributed by atoms with Gasteiger partial charge in [0.2, 0.25) is 11.1 Å². The Morgan fingerprint density at radius 2 is 2.00 bits per heavy atom. The number of ether oxygens (including phenoxy) is 1. The number of carbonyl (C=O) groups excluding carboxylic acids is 1. The summed E-state index contributed by atoms with van der Waals surface area (Å²) in [4.78, 5) is 12.2. The van der Waals surface area contributed by atoms with E-state index in [-0.39, 0.29) is 17.5 Å². The molecule has 0 saturated heterocycles. The SMILES string of the molecule is COc1ccc(NCc2nnc(SCC(=O)Nc3ccc(F)cc3C)n2N)cc1. The van der Waals surface area contributed by atoms with Crippen LogP contribution in [-0.4, -0.2) is 33.6 Å². The van der Waals surface area contributed by atoms with E-state index in [1.807, 2.05) is 24.3 Å². The Morgan fingerprint density at radius 3 is 2.69 bits per heavy atom. The summed E-state index contributed by atoms with van der Waals surface area (Å²) in [5, 5.41) is 14.4. The zero-order valence-corrected chi connectivity index (χ0v) is 16.8. The molecule has 8 nitrogen and oxygen atoms in total. The summed E-state index contributed by atoms with van der Waals surface area (Å²) in [5.74, 6) is 6.83. The smallest absolute Gasteiger partial charge is 0.234 e. The van der Waals surface area contributed by atoms with E-state index < -0.39 is 0 Å². The van der Waals surface area contributed by atoms with Crippen LogP contribution in [0.5, 0.6) is 5.75 Å². The van der Waals surface area contributed by atoms with Crippen molar-refractivity contribution < 1.29 is 13.9 Å². The van der Waals surface area contributed by atoms with E-state index in [1.54, 1.807) is 14.0 Å². The van der Waals surface area contributed by atoms with Crippen LogP contribution in [0.15, 0.2) is 47.6 Å². The summed E-state index contributed by atoms with van der Waals surface area (Å²) in [5.41, 5.74) is 2.10. The number of thioether (sulfide) groups is 1. The number of halogens is 1. The largest absolute Gasteiger partial charge is 0.497 e. The highest BCUT2D eigenvalue weighted by Gasteiger charge is 2.13. The van der Waals surface area contributed by atoms with Gasteiger partial charge in [-0.05, 0) is 55.0 Å². The van der Waals surface area contributed by atoms with Gasteiger partial charge >= 0.3 is 0 Å². The third kappa shape index (κ3) is 5.38. The van der Waals surface area contributed by atoms with Crippen molar-refractivity contribution in [3.8, 4) is 5.75 Å². The summed E-state index contributed by atoms with van der Waals surface area (Å²) < 4.78 is 19.6. The van der Waals surface area contributed by atoms with Crippen molar-refractivity contribution in [2.45, 2.75) is 18.6 Å². The number of nitrogens with one attached hydrogen (secondary N) is 2.